The Hall–Kier alpha value is -4.06. The van der Waals surface area contributed by atoms with Gasteiger partial charge in [-0.1, -0.05) is 60.7 Å². The lowest BCUT2D eigenvalue weighted by atomic mass is 10.0. The van der Waals surface area contributed by atoms with Gasteiger partial charge in [-0.05, 0) is 29.3 Å². The fraction of sp³-hybridized carbons (Fsp3) is 0.185. The summed E-state index contributed by atoms with van der Waals surface area (Å²) < 4.78 is 10.7. The fourth-order valence-electron chi connectivity index (χ4n) is 4.02. The number of likely N-dealkylation sites (N-methyl/N-ethyl adjacent to an activating group) is 1. The molecular weight excluding hydrogens is 416 g/mol. The lowest BCUT2D eigenvalue weighted by Crippen LogP contribution is -2.33. The van der Waals surface area contributed by atoms with E-state index in [0.29, 0.717) is 34.9 Å². The second-order valence-corrected chi connectivity index (χ2v) is 7.80. The number of imide groups is 1. The van der Waals surface area contributed by atoms with E-state index >= 15 is 0 Å². The number of nitrogens with zero attached hydrogens (tertiary/aromatic N) is 2. The Labute approximate surface area is 193 Å². The number of methoxy groups -OCH3 is 2. The summed E-state index contributed by atoms with van der Waals surface area (Å²) in [6, 6.07) is 24.5. The van der Waals surface area contributed by atoms with Crippen LogP contribution in [0.3, 0.4) is 0 Å². The lowest BCUT2D eigenvalue weighted by molar-refractivity contribution is -0.138. The van der Waals surface area contributed by atoms with Gasteiger partial charge in [0.2, 0.25) is 0 Å². The number of hydrogen-bond acceptors (Lipinski definition) is 5. The number of hydrogen-bond donors (Lipinski definition) is 0. The van der Waals surface area contributed by atoms with Gasteiger partial charge < -0.3 is 14.4 Å². The minimum absolute atomic E-state index is 0.129. The van der Waals surface area contributed by atoms with Gasteiger partial charge in [0.25, 0.3) is 11.8 Å². The summed E-state index contributed by atoms with van der Waals surface area (Å²) in [6.07, 6.45) is 0. The molecule has 0 bridgehead atoms. The maximum Gasteiger partial charge on any atom is 0.278 e. The molecule has 0 atom stereocenters. The average Bonchev–Trinajstić information content (AvgIpc) is 3.10. The van der Waals surface area contributed by atoms with E-state index in [4.69, 9.17) is 9.47 Å². The largest absolute Gasteiger partial charge is 0.497 e. The predicted octanol–water partition coefficient (Wildman–Crippen LogP) is 4.12. The molecule has 0 fully saturated rings. The molecule has 0 aromatic heterocycles. The second kappa shape index (κ2) is 9.61. The molecule has 33 heavy (non-hydrogen) atoms. The van der Waals surface area contributed by atoms with Crippen molar-refractivity contribution in [1.82, 2.24) is 9.80 Å². The molecular formula is C27H26N2O4. The molecule has 0 N–H and O–H groups in total. The summed E-state index contributed by atoms with van der Waals surface area (Å²) in [5.41, 5.74) is 3.25. The maximum atomic E-state index is 13.6. The molecule has 4 rings (SSSR count). The normalized spacial score (nSPS) is 13.5. The first-order chi connectivity index (χ1) is 16.0. The van der Waals surface area contributed by atoms with Crippen LogP contribution in [0.15, 0.2) is 84.6 Å². The van der Waals surface area contributed by atoms with Gasteiger partial charge >= 0.3 is 0 Å². The van der Waals surface area contributed by atoms with Crippen LogP contribution < -0.4 is 9.47 Å². The zero-order valence-electron chi connectivity index (χ0n) is 18.9. The van der Waals surface area contributed by atoms with Crippen LogP contribution in [0.1, 0.15) is 16.7 Å². The van der Waals surface area contributed by atoms with Gasteiger partial charge in [-0.25, -0.2) is 0 Å². The number of carbonyl (C=O) groups excluding carboxylic acids is 2. The Morgan fingerprint density at radius 1 is 0.788 bits per heavy atom. The van der Waals surface area contributed by atoms with Gasteiger partial charge in [-0.2, -0.15) is 0 Å². The van der Waals surface area contributed by atoms with Crippen LogP contribution in [-0.2, 0) is 22.7 Å². The van der Waals surface area contributed by atoms with Crippen LogP contribution in [0.4, 0.5) is 0 Å². The van der Waals surface area contributed by atoms with Crippen LogP contribution in [0.25, 0.3) is 5.57 Å². The fourth-order valence-corrected chi connectivity index (χ4v) is 4.02. The van der Waals surface area contributed by atoms with Crippen LogP contribution in [0.2, 0.25) is 0 Å². The first-order valence-corrected chi connectivity index (χ1v) is 10.6. The van der Waals surface area contributed by atoms with Crippen molar-refractivity contribution in [3.05, 3.63) is 101 Å². The Balaban J connectivity index is 1.73. The van der Waals surface area contributed by atoms with E-state index < -0.39 is 0 Å². The topological polar surface area (TPSA) is 59.1 Å². The number of carbonyl (C=O) groups is 2. The molecule has 3 aromatic rings. The summed E-state index contributed by atoms with van der Waals surface area (Å²) in [7, 11) is 5.00. The van der Waals surface area contributed by atoms with Crippen molar-refractivity contribution in [3.8, 4) is 11.5 Å². The van der Waals surface area contributed by atoms with Crippen molar-refractivity contribution >= 4 is 17.4 Å². The zero-order chi connectivity index (χ0) is 23.4. The van der Waals surface area contributed by atoms with Crippen LogP contribution in [0, 0.1) is 0 Å². The molecule has 2 amide bonds. The van der Waals surface area contributed by atoms with Crippen LogP contribution in [-0.4, -0.2) is 42.9 Å². The number of rotatable bonds is 8. The molecule has 0 saturated carbocycles. The van der Waals surface area contributed by atoms with Crippen molar-refractivity contribution in [1.29, 1.82) is 0 Å². The average molecular weight is 443 g/mol. The quantitative estimate of drug-likeness (QED) is 0.492. The summed E-state index contributed by atoms with van der Waals surface area (Å²) in [4.78, 5) is 30.3. The van der Waals surface area contributed by atoms with Crippen LogP contribution in [0.5, 0.6) is 11.5 Å². The minimum atomic E-state index is -0.328. The van der Waals surface area contributed by atoms with Crippen molar-refractivity contribution in [3.63, 3.8) is 0 Å². The number of ether oxygens (including phenoxy) is 2. The third-order valence-electron chi connectivity index (χ3n) is 5.69. The molecule has 0 aliphatic carbocycles. The summed E-state index contributed by atoms with van der Waals surface area (Å²) >= 11 is 0. The van der Waals surface area contributed by atoms with Gasteiger partial charge in [0, 0.05) is 19.2 Å². The van der Waals surface area contributed by atoms with E-state index in [1.807, 2.05) is 78.7 Å². The highest BCUT2D eigenvalue weighted by atomic mass is 16.5. The third-order valence-corrected chi connectivity index (χ3v) is 5.69. The van der Waals surface area contributed by atoms with E-state index in [9.17, 15) is 9.59 Å². The Morgan fingerprint density at radius 3 is 2.12 bits per heavy atom. The van der Waals surface area contributed by atoms with Gasteiger partial charge in [-0.15, -0.1) is 0 Å². The van der Waals surface area contributed by atoms with Crippen molar-refractivity contribution in [2.24, 2.45) is 0 Å². The second-order valence-electron chi connectivity index (χ2n) is 7.80. The number of benzene rings is 3. The Bertz CT molecular complexity index is 1190. The van der Waals surface area contributed by atoms with E-state index in [1.165, 1.54) is 4.90 Å². The molecule has 168 valence electrons. The molecule has 6 nitrogen and oxygen atoms in total. The van der Waals surface area contributed by atoms with Gasteiger partial charge in [0.15, 0.2) is 0 Å². The highest BCUT2D eigenvalue weighted by Gasteiger charge is 2.41. The summed E-state index contributed by atoms with van der Waals surface area (Å²) in [6.45, 7) is 0.626. The first-order valence-electron chi connectivity index (χ1n) is 10.6. The highest BCUT2D eigenvalue weighted by Crippen LogP contribution is 2.34. The monoisotopic (exact) mass is 442 g/mol. The molecule has 0 saturated heterocycles. The zero-order valence-corrected chi connectivity index (χ0v) is 18.9. The summed E-state index contributed by atoms with van der Waals surface area (Å²) in [5.74, 6) is 0.664. The molecule has 0 spiro atoms. The lowest BCUT2D eigenvalue weighted by Gasteiger charge is -2.22. The van der Waals surface area contributed by atoms with E-state index in [1.54, 1.807) is 26.4 Å². The molecule has 1 aliphatic heterocycles. The van der Waals surface area contributed by atoms with Gasteiger partial charge in [-0.3, -0.25) is 14.5 Å². The highest BCUT2D eigenvalue weighted by molar-refractivity contribution is 6.35. The number of amides is 2. The van der Waals surface area contributed by atoms with E-state index in [2.05, 4.69) is 0 Å². The molecule has 1 aliphatic rings. The maximum absolute atomic E-state index is 13.6. The molecule has 0 radical (unpaired) electrons. The predicted molar refractivity (Wildman–Crippen MR) is 126 cm³/mol. The van der Waals surface area contributed by atoms with Crippen molar-refractivity contribution < 1.29 is 19.1 Å². The molecule has 1 heterocycles. The molecule has 6 heteroatoms. The smallest absolute Gasteiger partial charge is 0.278 e. The van der Waals surface area contributed by atoms with Crippen molar-refractivity contribution in [2.45, 2.75) is 13.1 Å². The Kier molecular flexibility index (Phi) is 6.45. The van der Waals surface area contributed by atoms with E-state index in [-0.39, 0.29) is 18.4 Å². The minimum Gasteiger partial charge on any atom is -0.497 e. The summed E-state index contributed by atoms with van der Waals surface area (Å²) in [5, 5.41) is 0. The van der Waals surface area contributed by atoms with Crippen molar-refractivity contribution in [2.75, 3.05) is 21.3 Å². The first kappa shape index (κ1) is 22.1. The van der Waals surface area contributed by atoms with Gasteiger partial charge in [0.05, 0.1) is 26.3 Å². The third kappa shape index (κ3) is 4.46. The van der Waals surface area contributed by atoms with E-state index in [0.717, 1.165) is 11.1 Å². The standard InChI is InChI=1S/C27H26N2O4/c1-28(17-19-9-5-4-6-10-19)25-24(20-13-15-22(32-2)16-14-20)26(30)29(27(25)31)18-21-11-7-8-12-23(21)33-3/h4-16H,17-18H2,1-3H3. The SMILES string of the molecule is COc1ccc(C2=C(N(C)Cc3ccccc3)C(=O)N(Cc3ccccc3OC)C2=O)cc1. The van der Waals surface area contributed by atoms with Gasteiger partial charge in [0.1, 0.15) is 17.2 Å². The number of para-hydroxylation sites is 1. The van der Waals surface area contributed by atoms with Crippen LogP contribution >= 0.6 is 0 Å². The Morgan fingerprint density at radius 2 is 1.45 bits per heavy atom. The molecule has 0 unspecified atom stereocenters. The molecule has 3 aromatic carbocycles.